The molecule has 3 aromatic rings. The molecule has 150 valence electrons. The van der Waals surface area contributed by atoms with Crippen LogP contribution in [0.15, 0.2) is 52.3 Å². The lowest BCUT2D eigenvalue weighted by molar-refractivity contribution is -0.367. The topological polar surface area (TPSA) is 55.8 Å². The zero-order valence-corrected chi connectivity index (χ0v) is 17.5. The number of hydrogen-bond acceptors (Lipinski definition) is 4. The summed E-state index contributed by atoms with van der Waals surface area (Å²) in [5.74, 6) is -1.86. The van der Waals surface area contributed by atoms with E-state index in [1.54, 1.807) is 17.0 Å². The van der Waals surface area contributed by atoms with Crippen molar-refractivity contribution in [2.75, 3.05) is 23.3 Å². The molecule has 0 saturated heterocycles. The van der Waals surface area contributed by atoms with Crippen LogP contribution in [0.1, 0.15) is 6.42 Å². The molecule has 2 aromatic carbocycles. The maximum atomic E-state index is 15.5. The van der Waals surface area contributed by atoms with Crippen LogP contribution in [0.5, 0.6) is 0 Å². The summed E-state index contributed by atoms with van der Waals surface area (Å²) in [7, 11) is 0. The van der Waals surface area contributed by atoms with Crippen LogP contribution in [0.3, 0.4) is 0 Å². The smallest absolute Gasteiger partial charge is 0.235 e. The number of halogens is 4. The zero-order valence-electron chi connectivity index (χ0n) is 15.2. The van der Waals surface area contributed by atoms with Gasteiger partial charge in [-0.05, 0) is 30.3 Å². The highest BCUT2D eigenvalue weighted by Gasteiger charge is 2.31. The third-order valence-electron chi connectivity index (χ3n) is 4.45. The molecule has 1 aromatic heterocycles. The van der Waals surface area contributed by atoms with Gasteiger partial charge in [0.05, 0.1) is 17.9 Å². The highest BCUT2D eigenvalue weighted by Crippen LogP contribution is 2.54. The molecule has 1 aliphatic heterocycles. The molecule has 0 saturated carbocycles. The van der Waals surface area contributed by atoms with Gasteiger partial charge < -0.3 is 16.0 Å². The Kier molecular flexibility index (Phi) is 5.83. The van der Waals surface area contributed by atoms with Crippen LogP contribution in [-0.2, 0) is 0 Å². The van der Waals surface area contributed by atoms with Crippen molar-refractivity contribution in [3.63, 3.8) is 0 Å². The Morgan fingerprint density at radius 1 is 1.07 bits per heavy atom. The molecular formula is C20H17Cl2F2N4S+. The van der Waals surface area contributed by atoms with Crippen molar-refractivity contribution in [1.82, 2.24) is 4.98 Å². The standard InChI is InChI=1S/C20H16Cl2F2N4S/c21-11-6-7-15-13(10-11)28(12-4-1-2-5-14(12)29-15)18-16(22)19(24)27-20(17(18)23)26-9-3-8-25/h1-2,4-7,10H,3,8-9,25H2,(H,26,27)/p+1. The molecule has 4 rings (SSSR count). The first kappa shape index (κ1) is 20.2. The Bertz CT molecular complexity index is 1080. The highest BCUT2D eigenvalue weighted by atomic mass is 35.5. The summed E-state index contributed by atoms with van der Waals surface area (Å²) < 4.78 is 30.1. The summed E-state index contributed by atoms with van der Waals surface area (Å²) in [6.07, 6.45) is 0.697. The average Bonchev–Trinajstić information content (AvgIpc) is 2.71. The molecule has 0 aliphatic carbocycles. The van der Waals surface area contributed by atoms with Gasteiger partial charge in [0.2, 0.25) is 5.95 Å². The van der Waals surface area contributed by atoms with E-state index in [4.69, 9.17) is 23.2 Å². The van der Waals surface area contributed by atoms with Crippen LogP contribution >= 0.6 is 35.0 Å². The van der Waals surface area contributed by atoms with Gasteiger partial charge in [-0.25, -0.2) is 4.39 Å². The van der Waals surface area contributed by atoms with Crippen LogP contribution < -0.4 is 16.0 Å². The van der Waals surface area contributed by atoms with Gasteiger partial charge >= 0.3 is 0 Å². The molecule has 0 fully saturated rings. The Morgan fingerprint density at radius 3 is 2.62 bits per heavy atom. The number of fused-ring (bicyclic) bond motifs is 2. The number of benzene rings is 2. The van der Waals surface area contributed by atoms with E-state index in [9.17, 15) is 4.39 Å². The minimum absolute atomic E-state index is 0.104. The van der Waals surface area contributed by atoms with Crippen molar-refractivity contribution in [1.29, 1.82) is 0 Å². The number of nitrogens with one attached hydrogen (secondary N) is 1. The number of quaternary nitrogens is 1. The maximum absolute atomic E-state index is 15.5. The van der Waals surface area contributed by atoms with Gasteiger partial charge in [-0.15, -0.1) is 0 Å². The second-order valence-electron chi connectivity index (χ2n) is 6.38. The molecule has 1 aliphatic rings. The average molecular weight is 454 g/mol. The second-order valence-corrected chi connectivity index (χ2v) is 8.28. The monoisotopic (exact) mass is 453 g/mol. The maximum Gasteiger partial charge on any atom is 0.235 e. The summed E-state index contributed by atoms with van der Waals surface area (Å²) in [6.45, 7) is 1.09. The van der Waals surface area contributed by atoms with E-state index in [-0.39, 0.29) is 11.5 Å². The predicted octanol–water partition coefficient (Wildman–Crippen LogP) is 5.64. The first-order valence-corrected chi connectivity index (χ1v) is 10.5. The SMILES string of the molecule is [NH3+]CCCNc1nc(F)c(Cl)c(N2c3ccccc3Sc3ccc(Cl)cc32)c1F. The number of nitrogens with zero attached hydrogens (tertiary/aromatic N) is 2. The number of rotatable bonds is 5. The first-order chi connectivity index (χ1) is 14.0. The van der Waals surface area contributed by atoms with Crippen molar-refractivity contribution in [3.05, 3.63) is 64.3 Å². The van der Waals surface area contributed by atoms with Crippen molar-refractivity contribution < 1.29 is 14.5 Å². The van der Waals surface area contributed by atoms with Crippen LogP contribution in [0.25, 0.3) is 0 Å². The van der Waals surface area contributed by atoms with E-state index in [2.05, 4.69) is 16.0 Å². The van der Waals surface area contributed by atoms with Gasteiger partial charge in [0.15, 0.2) is 11.6 Å². The van der Waals surface area contributed by atoms with E-state index in [1.807, 2.05) is 30.3 Å². The zero-order chi connectivity index (χ0) is 20.5. The Balaban J connectivity index is 1.94. The molecule has 9 heteroatoms. The van der Waals surface area contributed by atoms with E-state index >= 15 is 4.39 Å². The van der Waals surface area contributed by atoms with Gasteiger partial charge in [-0.2, -0.15) is 9.37 Å². The summed E-state index contributed by atoms with van der Waals surface area (Å²) in [5.41, 5.74) is 4.95. The number of anilines is 4. The molecule has 0 atom stereocenters. The number of pyridine rings is 1. The second kappa shape index (κ2) is 8.36. The quantitative estimate of drug-likeness (QED) is 0.303. The van der Waals surface area contributed by atoms with Gasteiger partial charge in [0.1, 0.15) is 10.7 Å². The van der Waals surface area contributed by atoms with Crippen molar-refractivity contribution in [2.24, 2.45) is 0 Å². The van der Waals surface area contributed by atoms with E-state index in [1.165, 1.54) is 11.8 Å². The molecular weight excluding hydrogens is 437 g/mol. The largest absolute Gasteiger partial charge is 0.367 e. The summed E-state index contributed by atoms with van der Waals surface area (Å²) in [5, 5.41) is 2.93. The highest BCUT2D eigenvalue weighted by molar-refractivity contribution is 7.99. The van der Waals surface area contributed by atoms with Crippen molar-refractivity contribution in [3.8, 4) is 0 Å². The van der Waals surface area contributed by atoms with Crippen LogP contribution in [0.4, 0.5) is 31.7 Å². The van der Waals surface area contributed by atoms with Crippen molar-refractivity contribution >= 4 is 57.8 Å². The normalized spacial score (nSPS) is 12.5. The minimum atomic E-state index is -0.945. The van der Waals surface area contributed by atoms with Crippen LogP contribution in [0, 0.1) is 11.8 Å². The summed E-state index contributed by atoms with van der Waals surface area (Å²) in [4.78, 5) is 7.01. The van der Waals surface area contributed by atoms with Gasteiger partial charge in [-0.3, -0.25) is 0 Å². The molecule has 0 radical (unpaired) electrons. The third-order valence-corrected chi connectivity index (χ3v) is 6.15. The fraction of sp³-hybridized carbons (Fsp3) is 0.150. The number of para-hydroxylation sites is 1. The number of aromatic nitrogens is 1. The van der Waals surface area contributed by atoms with Gasteiger partial charge in [0.25, 0.3) is 0 Å². The molecule has 2 heterocycles. The summed E-state index contributed by atoms with van der Waals surface area (Å²) >= 11 is 14.0. The fourth-order valence-corrected chi connectivity index (χ4v) is 4.53. The molecule has 0 amide bonds. The van der Waals surface area contributed by atoms with Crippen LogP contribution in [-0.4, -0.2) is 18.1 Å². The Labute approximate surface area is 181 Å². The molecule has 0 bridgehead atoms. The van der Waals surface area contributed by atoms with E-state index in [0.717, 1.165) is 9.79 Å². The van der Waals surface area contributed by atoms with Crippen molar-refractivity contribution in [2.45, 2.75) is 16.2 Å². The minimum Gasteiger partial charge on any atom is -0.367 e. The Morgan fingerprint density at radius 2 is 1.83 bits per heavy atom. The lowest BCUT2D eigenvalue weighted by Crippen LogP contribution is -2.50. The van der Waals surface area contributed by atoms with Gasteiger partial charge in [-0.1, -0.05) is 47.1 Å². The van der Waals surface area contributed by atoms with Crippen LogP contribution in [0.2, 0.25) is 10.0 Å². The fourth-order valence-electron chi connectivity index (χ4n) is 3.12. The first-order valence-electron chi connectivity index (χ1n) is 8.95. The molecule has 29 heavy (non-hydrogen) atoms. The Hall–Kier alpha value is -2.06. The summed E-state index contributed by atoms with van der Waals surface area (Å²) in [6, 6.07) is 12.8. The molecule has 0 unspecified atom stereocenters. The van der Waals surface area contributed by atoms with E-state index < -0.39 is 16.8 Å². The predicted molar refractivity (Wildman–Crippen MR) is 114 cm³/mol. The molecule has 4 N–H and O–H groups in total. The lowest BCUT2D eigenvalue weighted by atomic mass is 10.2. The van der Waals surface area contributed by atoms with E-state index in [0.29, 0.717) is 35.9 Å². The molecule has 4 nitrogen and oxygen atoms in total. The van der Waals surface area contributed by atoms with Gasteiger partial charge in [0, 0.05) is 27.8 Å². The third kappa shape index (κ3) is 3.75. The number of hydrogen-bond donors (Lipinski definition) is 2. The lowest BCUT2D eigenvalue weighted by Gasteiger charge is -2.33. The molecule has 0 spiro atoms.